The van der Waals surface area contributed by atoms with Gasteiger partial charge in [0.2, 0.25) is 0 Å². The van der Waals surface area contributed by atoms with Gasteiger partial charge in [0.1, 0.15) is 12.4 Å². The van der Waals surface area contributed by atoms with Gasteiger partial charge >= 0.3 is 0 Å². The number of fused-ring (bicyclic) bond motifs is 1. The van der Waals surface area contributed by atoms with Crippen LogP contribution in [0.4, 0.5) is 0 Å². The molecule has 0 aromatic carbocycles. The molecule has 0 N–H and O–H groups in total. The van der Waals surface area contributed by atoms with Crippen molar-refractivity contribution >= 4 is 5.65 Å². The van der Waals surface area contributed by atoms with Crippen molar-refractivity contribution < 1.29 is 17.0 Å². The fourth-order valence-electron chi connectivity index (χ4n) is 1.12. The van der Waals surface area contributed by atoms with Gasteiger partial charge in [-0.25, -0.2) is 8.97 Å². The third kappa shape index (κ3) is 1.21. The molecule has 0 bridgehead atoms. The molecule has 0 aliphatic carbocycles. The number of halogens is 1. The average Bonchev–Trinajstić information content (AvgIpc) is 2.34. The summed E-state index contributed by atoms with van der Waals surface area (Å²) in [4.78, 5) is 0. The molecule has 0 aliphatic heterocycles. The lowest BCUT2D eigenvalue weighted by atomic mass is 10.5. The Morgan fingerprint density at radius 1 is 1.27 bits per heavy atom. The van der Waals surface area contributed by atoms with E-state index in [1.165, 1.54) is 5.65 Å². The predicted molar refractivity (Wildman–Crippen MR) is 38.6 cm³/mol. The highest BCUT2D eigenvalue weighted by atomic mass is 35.5. The number of aryl methyl sites for hydroxylation is 1. The normalized spacial score (nSPS) is 9.55. The van der Waals surface area contributed by atoms with E-state index in [1.54, 1.807) is 0 Å². The second-order valence-electron chi connectivity index (χ2n) is 2.38. The first-order chi connectivity index (χ1) is 4.88. The fourth-order valence-corrected chi connectivity index (χ4v) is 1.12. The first-order valence-corrected chi connectivity index (χ1v) is 3.29. The van der Waals surface area contributed by atoms with Gasteiger partial charge in [-0.15, -0.1) is 0 Å². The first-order valence-electron chi connectivity index (χ1n) is 3.29. The van der Waals surface area contributed by atoms with Crippen molar-refractivity contribution in [3.63, 3.8) is 0 Å². The summed E-state index contributed by atoms with van der Waals surface area (Å²) < 4.78 is 4.17. The van der Waals surface area contributed by atoms with E-state index in [2.05, 4.69) is 15.0 Å². The maximum absolute atomic E-state index is 2.08. The van der Waals surface area contributed by atoms with E-state index in [-0.39, 0.29) is 12.4 Å². The van der Waals surface area contributed by atoms with Crippen LogP contribution in [-0.4, -0.2) is 4.40 Å². The summed E-state index contributed by atoms with van der Waals surface area (Å²) in [5.41, 5.74) is 1.21. The van der Waals surface area contributed by atoms with Gasteiger partial charge in [-0.3, -0.25) is 0 Å². The van der Waals surface area contributed by atoms with Crippen molar-refractivity contribution in [2.24, 2.45) is 7.05 Å². The lowest BCUT2D eigenvalue weighted by Crippen LogP contribution is -3.00. The van der Waals surface area contributed by atoms with E-state index >= 15 is 0 Å². The fraction of sp³-hybridized carbons (Fsp3) is 0.125. The Hall–Kier alpha value is -1.02. The molecule has 0 saturated heterocycles. The molecular formula is C8H9ClN2. The molecule has 0 unspecified atom stereocenters. The minimum absolute atomic E-state index is 0. The molecule has 0 saturated carbocycles. The van der Waals surface area contributed by atoms with Crippen LogP contribution in [0.2, 0.25) is 0 Å². The highest BCUT2D eigenvalue weighted by Gasteiger charge is 2.00. The van der Waals surface area contributed by atoms with Crippen LogP contribution in [0.1, 0.15) is 0 Å². The molecule has 0 fully saturated rings. The minimum Gasteiger partial charge on any atom is -1.00 e. The van der Waals surface area contributed by atoms with Gasteiger partial charge in [-0.2, -0.15) is 0 Å². The van der Waals surface area contributed by atoms with Gasteiger partial charge in [0.05, 0.1) is 13.2 Å². The molecule has 0 aliphatic rings. The van der Waals surface area contributed by atoms with Crippen molar-refractivity contribution in [2.75, 3.05) is 0 Å². The molecule has 2 aromatic heterocycles. The van der Waals surface area contributed by atoms with Crippen LogP contribution >= 0.6 is 0 Å². The van der Waals surface area contributed by atoms with Gasteiger partial charge in [-0.1, -0.05) is 6.07 Å². The predicted octanol–water partition coefficient (Wildman–Crippen LogP) is -2.23. The molecule has 2 nitrogen and oxygen atoms in total. The van der Waals surface area contributed by atoms with Crippen LogP contribution in [0, 0.1) is 0 Å². The van der Waals surface area contributed by atoms with Crippen LogP contribution in [-0.2, 0) is 7.05 Å². The van der Waals surface area contributed by atoms with Crippen molar-refractivity contribution in [3.8, 4) is 0 Å². The minimum atomic E-state index is 0. The summed E-state index contributed by atoms with van der Waals surface area (Å²) >= 11 is 0. The first kappa shape index (κ1) is 8.08. The van der Waals surface area contributed by atoms with E-state index in [4.69, 9.17) is 0 Å². The van der Waals surface area contributed by atoms with Crippen molar-refractivity contribution in [2.45, 2.75) is 0 Å². The molecule has 0 radical (unpaired) electrons. The topological polar surface area (TPSA) is 8.29 Å². The molecule has 0 spiro atoms. The number of rotatable bonds is 0. The zero-order valence-corrected chi connectivity index (χ0v) is 6.99. The summed E-state index contributed by atoms with van der Waals surface area (Å²) in [5, 5.41) is 0. The molecule has 3 heteroatoms. The van der Waals surface area contributed by atoms with E-state index < -0.39 is 0 Å². The van der Waals surface area contributed by atoms with Crippen molar-refractivity contribution in [1.82, 2.24) is 4.40 Å². The Labute approximate surface area is 71.5 Å². The second kappa shape index (κ2) is 2.93. The molecule has 11 heavy (non-hydrogen) atoms. The Morgan fingerprint density at radius 3 is 2.82 bits per heavy atom. The number of pyridine rings is 1. The van der Waals surface area contributed by atoms with Gasteiger partial charge in [-0.05, 0) is 6.07 Å². The third-order valence-corrected chi connectivity index (χ3v) is 1.68. The van der Waals surface area contributed by atoms with E-state index in [1.807, 2.05) is 37.8 Å². The number of aromatic nitrogens is 2. The standard InChI is InChI=1S/C8H9N2.ClH/c1-9-6-7-10-5-3-2-4-8(9)10;/h2-7H,1H3;1H/q+1;/p-1. The Bertz CT molecular complexity index is 354. The highest BCUT2D eigenvalue weighted by molar-refractivity contribution is 5.30. The second-order valence-corrected chi connectivity index (χ2v) is 2.38. The number of nitrogens with zero attached hydrogens (tertiary/aromatic N) is 2. The number of hydrogen-bond donors (Lipinski definition) is 0. The molecule has 58 valence electrons. The Morgan fingerprint density at radius 2 is 2.09 bits per heavy atom. The summed E-state index contributed by atoms with van der Waals surface area (Å²) in [6.07, 6.45) is 6.11. The molecular weight excluding hydrogens is 160 g/mol. The van der Waals surface area contributed by atoms with E-state index in [0.29, 0.717) is 0 Å². The average molecular weight is 169 g/mol. The van der Waals surface area contributed by atoms with Crippen LogP contribution in [0.25, 0.3) is 5.65 Å². The molecule has 0 amide bonds. The number of hydrogen-bond acceptors (Lipinski definition) is 0. The smallest absolute Gasteiger partial charge is 0.285 e. The maximum atomic E-state index is 2.08. The molecule has 2 aromatic rings. The largest absolute Gasteiger partial charge is 1.00 e. The van der Waals surface area contributed by atoms with Crippen LogP contribution in [0.15, 0.2) is 36.8 Å². The molecule has 0 atom stereocenters. The Kier molecular flexibility index (Phi) is 2.15. The zero-order chi connectivity index (χ0) is 6.97. The van der Waals surface area contributed by atoms with Crippen LogP contribution in [0.3, 0.4) is 0 Å². The monoisotopic (exact) mass is 168 g/mol. The quantitative estimate of drug-likeness (QED) is 0.394. The number of imidazole rings is 1. The summed E-state index contributed by atoms with van der Waals surface area (Å²) in [6, 6.07) is 6.14. The maximum Gasteiger partial charge on any atom is 0.285 e. The van der Waals surface area contributed by atoms with Crippen molar-refractivity contribution in [1.29, 1.82) is 0 Å². The van der Waals surface area contributed by atoms with E-state index in [9.17, 15) is 0 Å². The molecule has 2 heterocycles. The lowest BCUT2D eigenvalue weighted by molar-refractivity contribution is -0.644. The lowest BCUT2D eigenvalue weighted by Gasteiger charge is -1.84. The SMILES string of the molecule is C[n+]1ccn2ccccc21.[Cl-]. The highest BCUT2D eigenvalue weighted by Crippen LogP contribution is 1.94. The van der Waals surface area contributed by atoms with Gasteiger partial charge < -0.3 is 12.4 Å². The van der Waals surface area contributed by atoms with E-state index in [0.717, 1.165) is 0 Å². The third-order valence-electron chi connectivity index (χ3n) is 1.68. The summed E-state index contributed by atoms with van der Waals surface area (Å²) in [5.74, 6) is 0. The summed E-state index contributed by atoms with van der Waals surface area (Å²) in [6.45, 7) is 0. The van der Waals surface area contributed by atoms with Gasteiger partial charge in [0.25, 0.3) is 5.65 Å². The van der Waals surface area contributed by atoms with Gasteiger partial charge in [0, 0.05) is 6.07 Å². The zero-order valence-electron chi connectivity index (χ0n) is 6.24. The van der Waals surface area contributed by atoms with Crippen LogP contribution < -0.4 is 17.0 Å². The van der Waals surface area contributed by atoms with Gasteiger partial charge in [0.15, 0.2) is 0 Å². The molecule has 2 rings (SSSR count). The summed E-state index contributed by atoms with van der Waals surface area (Å²) in [7, 11) is 2.04. The van der Waals surface area contributed by atoms with Crippen LogP contribution in [0.5, 0.6) is 0 Å². The van der Waals surface area contributed by atoms with Crippen molar-refractivity contribution in [3.05, 3.63) is 36.8 Å². The Balaban J connectivity index is 0.000000605.